The van der Waals surface area contributed by atoms with E-state index < -0.39 is 47.5 Å². The molecule has 1 amide bonds. The number of nitrogens with zero attached hydrogens (tertiary/aromatic N) is 1. The minimum atomic E-state index is -1.14. The average Bonchev–Trinajstić information content (AvgIpc) is 2.85. The van der Waals surface area contributed by atoms with Gasteiger partial charge < -0.3 is 24.7 Å². The van der Waals surface area contributed by atoms with Crippen LogP contribution in [0.2, 0.25) is 0 Å². The number of rotatable bonds is 10. The summed E-state index contributed by atoms with van der Waals surface area (Å²) in [6, 6.07) is 10.9. The average molecular weight is 498 g/mol. The lowest BCUT2D eigenvalue weighted by Crippen LogP contribution is -2.42. The number of carbonyl (C=O) groups excluding carboxylic acids is 3. The molecule has 3 atom stereocenters. The van der Waals surface area contributed by atoms with Crippen molar-refractivity contribution in [3.05, 3.63) is 89.2 Å². The van der Waals surface area contributed by atoms with Crippen LogP contribution in [0.1, 0.15) is 41.6 Å². The van der Waals surface area contributed by atoms with Gasteiger partial charge in [-0.3, -0.25) is 4.79 Å². The summed E-state index contributed by atoms with van der Waals surface area (Å²) in [5.41, 5.74) is 0.374. The summed E-state index contributed by atoms with van der Waals surface area (Å²) >= 11 is 0. The second kappa shape index (κ2) is 11.9. The van der Waals surface area contributed by atoms with Crippen molar-refractivity contribution in [1.82, 2.24) is 10.3 Å². The number of benzene rings is 2. The van der Waals surface area contributed by atoms with Gasteiger partial charge in [0.15, 0.2) is 17.5 Å². The van der Waals surface area contributed by atoms with E-state index in [1.807, 2.05) is 0 Å². The van der Waals surface area contributed by atoms with Crippen molar-refractivity contribution >= 4 is 18.2 Å². The SMILES string of the molecule is CC(OC(=O)[C@H](C)NC(=O)c1nccc(CC=O)c1O)C(Oc1ccc(F)cc1)c1ccc(F)cc1. The van der Waals surface area contributed by atoms with Crippen LogP contribution in [0.4, 0.5) is 8.78 Å². The molecule has 0 fully saturated rings. The fourth-order valence-corrected chi connectivity index (χ4v) is 3.33. The van der Waals surface area contributed by atoms with E-state index in [4.69, 9.17) is 9.47 Å². The maximum absolute atomic E-state index is 13.4. The van der Waals surface area contributed by atoms with Crippen molar-refractivity contribution in [1.29, 1.82) is 0 Å². The van der Waals surface area contributed by atoms with E-state index >= 15 is 0 Å². The highest BCUT2D eigenvalue weighted by Gasteiger charge is 2.28. The number of pyridine rings is 1. The summed E-state index contributed by atoms with van der Waals surface area (Å²) in [6.45, 7) is 2.94. The largest absolute Gasteiger partial charge is 0.505 e. The first-order valence-corrected chi connectivity index (χ1v) is 11.0. The van der Waals surface area contributed by atoms with E-state index in [-0.39, 0.29) is 17.7 Å². The lowest BCUT2D eigenvalue weighted by Gasteiger charge is -2.27. The van der Waals surface area contributed by atoms with Gasteiger partial charge in [0.1, 0.15) is 35.8 Å². The topological polar surface area (TPSA) is 115 Å². The van der Waals surface area contributed by atoms with Crippen LogP contribution < -0.4 is 10.1 Å². The molecule has 10 heteroatoms. The number of halogens is 2. The molecule has 0 radical (unpaired) electrons. The third-order valence-electron chi connectivity index (χ3n) is 5.23. The quantitative estimate of drug-likeness (QED) is 0.324. The Bertz CT molecular complexity index is 1220. The first kappa shape index (κ1) is 26.3. The first-order chi connectivity index (χ1) is 17.2. The van der Waals surface area contributed by atoms with Gasteiger partial charge in [-0.1, -0.05) is 12.1 Å². The van der Waals surface area contributed by atoms with Crippen molar-refractivity contribution in [2.45, 2.75) is 38.5 Å². The maximum atomic E-state index is 13.4. The molecule has 0 aliphatic rings. The summed E-state index contributed by atoms with van der Waals surface area (Å²) in [5, 5.41) is 12.6. The molecule has 2 N–H and O–H groups in total. The Morgan fingerprint density at radius 2 is 1.64 bits per heavy atom. The molecule has 2 aromatic carbocycles. The van der Waals surface area contributed by atoms with Crippen LogP contribution in [0, 0.1) is 11.6 Å². The predicted octanol–water partition coefficient (Wildman–Crippen LogP) is 3.68. The van der Waals surface area contributed by atoms with Crippen LogP contribution in [-0.4, -0.2) is 40.4 Å². The van der Waals surface area contributed by atoms with Gasteiger partial charge >= 0.3 is 5.97 Å². The van der Waals surface area contributed by atoms with Gasteiger partial charge in [0.25, 0.3) is 5.91 Å². The van der Waals surface area contributed by atoms with Gasteiger partial charge in [0, 0.05) is 18.2 Å². The third kappa shape index (κ3) is 6.62. The Morgan fingerprint density at radius 1 is 1.03 bits per heavy atom. The zero-order chi connectivity index (χ0) is 26.2. The molecule has 1 heterocycles. The maximum Gasteiger partial charge on any atom is 0.328 e. The minimum absolute atomic E-state index is 0.109. The van der Waals surface area contributed by atoms with Crippen molar-refractivity contribution in [3.63, 3.8) is 0 Å². The summed E-state index contributed by atoms with van der Waals surface area (Å²) in [4.78, 5) is 39.8. The van der Waals surface area contributed by atoms with Crippen molar-refractivity contribution in [3.8, 4) is 11.5 Å². The molecular weight excluding hydrogens is 474 g/mol. The molecule has 0 spiro atoms. The Labute approximate surface area is 205 Å². The third-order valence-corrected chi connectivity index (χ3v) is 5.23. The molecule has 0 saturated carbocycles. The smallest absolute Gasteiger partial charge is 0.328 e. The summed E-state index contributed by atoms with van der Waals surface area (Å²) in [5.74, 6) is -2.73. The zero-order valence-corrected chi connectivity index (χ0v) is 19.5. The number of aromatic hydroxyl groups is 1. The molecule has 3 rings (SSSR count). The highest BCUT2D eigenvalue weighted by atomic mass is 19.1. The second-order valence-electron chi connectivity index (χ2n) is 7.92. The number of aromatic nitrogens is 1. The molecular formula is C26H24F2N2O6. The van der Waals surface area contributed by atoms with Gasteiger partial charge in [-0.15, -0.1) is 0 Å². The van der Waals surface area contributed by atoms with Gasteiger partial charge in [-0.2, -0.15) is 0 Å². The van der Waals surface area contributed by atoms with Crippen LogP contribution >= 0.6 is 0 Å². The predicted molar refractivity (Wildman–Crippen MR) is 124 cm³/mol. The fourth-order valence-electron chi connectivity index (χ4n) is 3.33. The Balaban J connectivity index is 1.72. The number of amides is 1. The number of esters is 1. The normalized spacial score (nSPS) is 13.2. The molecule has 36 heavy (non-hydrogen) atoms. The molecule has 1 aromatic heterocycles. The fraction of sp³-hybridized carbons (Fsp3) is 0.231. The number of hydrogen-bond donors (Lipinski definition) is 2. The molecule has 3 aromatic rings. The van der Waals surface area contributed by atoms with Gasteiger partial charge in [0.2, 0.25) is 0 Å². The van der Waals surface area contributed by atoms with Crippen LogP contribution in [0.5, 0.6) is 11.5 Å². The van der Waals surface area contributed by atoms with Crippen LogP contribution in [0.25, 0.3) is 0 Å². The van der Waals surface area contributed by atoms with Crippen LogP contribution in [0.3, 0.4) is 0 Å². The molecule has 2 unspecified atom stereocenters. The molecule has 0 saturated heterocycles. The van der Waals surface area contributed by atoms with Gasteiger partial charge in [-0.25, -0.2) is 18.6 Å². The molecule has 188 valence electrons. The van der Waals surface area contributed by atoms with Crippen molar-refractivity contribution in [2.75, 3.05) is 0 Å². The van der Waals surface area contributed by atoms with Crippen LogP contribution in [0.15, 0.2) is 60.8 Å². The van der Waals surface area contributed by atoms with E-state index in [9.17, 15) is 28.3 Å². The Hall–Kier alpha value is -4.34. The number of carbonyl (C=O) groups is 3. The van der Waals surface area contributed by atoms with E-state index in [1.54, 1.807) is 6.92 Å². The molecule has 0 aliphatic carbocycles. The Morgan fingerprint density at radius 3 is 2.25 bits per heavy atom. The van der Waals surface area contributed by atoms with Crippen LogP contribution in [-0.2, 0) is 20.7 Å². The van der Waals surface area contributed by atoms with Crippen molar-refractivity contribution in [2.24, 2.45) is 0 Å². The number of nitrogens with one attached hydrogen (secondary N) is 1. The summed E-state index contributed by atoms with van der Waals surface area (Å²) in [6.07, 6.45) is -0.0614. The first-order valence-electron chi connectivity index (χ1n) is 11.0. The molecule has 0 bridgehead atoms. The molecule has 0 aliphatic heterocycles. The van der Waals surface area contributed by atoms with E-state index in [0.29, 0.717) is 17.6 Å². The summed E-state index contributed by atoms with van der Waals surface area (Å²) in [7, 11) is 0. The Kier molecular flexibility index (Phi) is 8.66. The van der Waals surface area contributed by atoms with E-state index in [0.717, 1.165) is 0 Å². The lowest BCUT2D eigenvalue weighted by molar-refractivity contribution is -0.154. The summed E-state index contributed by atoms with van der Waals surface area (Å²) < 4.78 is 38.2. The standard InChI is InChI=1S/C26H24F2N2O6/c1-15(30-25(33)22-23(32)17(12-14-31)11-13-29-22)26(34)35-16(2)24(18-3-5-19(27)6-4-18)36-21-9-7-20(28)8-10-21/h3-11,13-16,24,32H,12H2,1-2H3,(H,30,33)/t15-,16?,24?/m0/s1. The highest BCUT2D eigenvalue weighted by Crippen LogP contribution is 2.27. The number of aldehydes is 1. The minimum Gasteiger partial charge on any atom is -0.505 e. The van der Waals surface area contributed by atoms with Crippen molar-refractivity contribution < 1.29 is 37.7 Å². The van der Waals surface area contributed by atoms with E-state index in [1.165, 1.54) is 67.7 Å². The van der Waals surface area contributed by atoms with Gasteiger partial charge in [0.05, 0.1) is 0 Å². The number of hydrogen-bond acceptors (Lipinski definition) is 7. The van der Waals surface area contributed by atoms with Gasteiger partial charge in [-0.05, 0) is 61.9 Å². The lowest BCUT2D eigenvalue weighted by atomic mass is 10.0. The zero-order valence-electron chi connectivity index (χ0n) is 19.5. The highest BCUT2D eigenvalue weighted by molar-refractivity contribution is 5.97. The number of ether oxygens (including phenoxy) is 2. The second-order valence-corrected chi connectivity index (χ2v) is 7.92. The van der Waals surface area contributed by atoms with E-state index in [2.05, 4.69) is 10.3 Å². The monoisotopic (exact) mass is 498 g/mol. The molecule has 8 nitrogen and oxygen atoms in total.